The Morgan fingerprint density at radius 2 is 1.71 bits per heavy atom. The number of rotatable bonds is 6. The fourth-order valence-corrected chi connectivity index (χ4v) is 2.67. The Kier molecular flexibility index (Phi) is 5.74. The van der Waals surface area contributed by atoms with Gasteiger partial charge in [-0.3, -0.25) is 14.3 Å². The highest BCUT2D eigenvalue weighted by Crippen LogP contribution is 2.17. The second-order valence-electron chi connectivity index (χ2n) is 6.43. The van der Waals surface area contributed by atoms with E-state index in [0.29, 0.717) is 23.4 Å². The molecule has 2 N–H and O–H groups in total. The molecule has 28 heavy (non-hydrogen) atoms. The molecule has 7 heteroatoms. The molecule has 144 valence electrons. The molecule has 2 aromatic carbocycles. The van der Waals surface area contributed by atoms with Crippen molar-refractivity contribution in [3.8, 4) is 5.88 Å². The Bertz CT molecular complexity index is 976. The molecule has 3 aromatic rings. The number of nitrogens with zero attached hydrogens (tertiary/aromatic N) is 2. The molecule has 0 unspecified atom stereocenters. The van der Waals surface area contributed by atoms with Crippen molar-refractivity contribution < 1.29 is 14.3 Å². The Morgan fingerprint density at radius 3 is 2.36 bits per heavy atom. The van der Waals surface area contributed by atoms with E-state index in [4.69, 9.17) is 4.74 Å². The molecule has 0 spiro atoms. The van der Waals surface area contributed by atoms with Crippen LogP contribution in [0.1, 0.15) is 31.8 Å². The van der Waals surface area contributed by atoms with Gasteiger partial charge in [0.1, 0.15) is 5.56 Å². The third-order valence-corrected chi connectivity index (χ3v) is 4.21. The van der Waals surface area contributed by atoms with Gasteiger partial charge >= 0.3 is 0 Å². The van der Waals surface area contributed by atoms with Gasteiger partial charge in [0.2, 0.25) is 5.88 Å². The van der Waals surface area contributed by atoms with E-state index in [1.165, 1.54) is 17.4 Å². The highest BCUT2D eigenvalue weighted by atomic mass is 16.5. The number of anilines is 1. The Labute approximate surface area is 163 Å². The van der Waals surface area contributed by atoms with E-state index in [1.54, 1.807) is 37.5 Å². The lowest BCUT2D eigenvalue weighted by Crippen LogP contribution is -2.22. The first-order chi connectivity index (χ1) is 13.5. The topological polar surface area (TPSA) is 85.2 Å². The zero-order valence-corrected chi connectivity index (χ0v) is 16.0. The van der Waals surface area contributed by atoms with Crippen LogP contribution in [0.25, 0.3) is 0 Å². The molecule has 0 aliphatic rings. The maximum absolute atomic E-state index is 12.4. The van der Waals surface area contributed by atoms with Crippen molar-refractivity contribution in [2.45, 2.75) is 13.5 Å². The average Bonchev–Trinajstić information content (AvgIpc) is 3.09. The van der Waals surface area contributed by atoms with Crippen LogP contribution in [0.15, 0.2) is 54.7 Å². The summed E-state index contributed by atoms with van der Waals surface area (Å²) in [5, 5.41) is 9.72. The van der Waals surface area contributed by atoms with Crippen molar-refractivity contribution in [2.75, 3.05) is 12.4 Å². The van der Waals surface area contributed by atoms with E-state index in [2.05, 4.69) is 15.7 Å². The molecule has 2 amide bonds. The number of amides is 2. The minimum atomic E-state index is -0.332. The van der Waals surface area contributed by atoms with Gasteiger partial charge in [-0.25, -0.2) is 0 Å². The zero-order chi connectivity index (χ0) is 20.1. The van der Waals surface area contributed by atoms with Crippen molar-refractivity contribution in [3.63, 3.8) is 0 Å². The van der Waals surface area contributed by atoms with E-state index in [1.807, 2.05) is 31.2 Å². The van der Waals surface area contributed by atoms with Gasteiger partial charge in [0.25, 0.3) is 11.8 Å². The lowest BCUT2D eigenvalue weighted by atomic mass is 10.1. The number of hydrogen-bond acceptors (Lipinski definition) is 4. The summed E-state index contributed by atoms with van der Waals surface area (Å²) < 4.78 is 6.61. The number of aromatic nitrogens is 2. The number of aryl methyl sites for hydroxylation is 2. The van der Waals surface area contributed by atoms with Gasteiger partial charge in [-0.15, -0.1) is 5.10 Å². The van der Waals surface area contributed by atoms with Crippen LogP contribution in [0.4, 0.5) is 5.69 Å². The fourth-order valence-electron chi connectivity index (χ4n) is 2.67. The number of nitrogens with one attached hydrogen (secondary N) is 2. The zero-order valence-electron chi connectivity index (χ0n) is 16.0. The molecule has 0 bridgehead atoms. The van der Waals surface area contributed by atoms with Crippen molar-refractivity contribution in [2.24, 2.45) is 7.05 Å². The average molecular weight is 378 g/mol. The molecule has 0 atom stereocenters. The van der Waals surface area contributed by atoms with Crippen molar-refractivity contribution in [1.82, 2.24) is 15.1 Å². The van der Waals surface area contributed by atoms with Crippen LogP contribution in [-0.4, -0.2) is 28.7 Å². The number of carbonyl (C=O) groups excluding carboxylic acids is 2. The van der Waals surface area contributed by atoms with E-state index >= 15 is 0 Å². The largest absolute Gasteiger partial charge is 0.479 e. The molecule has 0 aliphatic carbocycles. The van der Waals surface area contributed by atoms with E-state index in [0.717, 1.165) is 5.56 Å². The third kappa shape index (κ3) is 4.56. The second-order valence-corrected chi connectivity index (χ2v) is 6.43. The van der Waals surface area contributed by atoms with Crippen molar-refractivity contribution in [1.29, 1.82) is 0 Å². The van der Waals surface area contributed by atoms with Crippen molar-refractivity contribution in [3.05, 3.63) is 77.0 Å². The quantitative estimate of drug-likeness (QED) is 0.691. The van der Waals surface area contributed by atoms with E-state index in [-0.39, 0.29) is 17.7 Å². The number of methoxy groups -OCH3 is 1. The molecular formula is C21H22N4O3. The van der Waals surface area contributed by atoms with E-state index in [9.17, 15) is 9.59 Å². The standard InChI is InChI=1S/C21H22N4O3/c1-14-4-6-15(7-5-14)12-22-19(26)16-8-10-17(11-9-16)23-20(27)18-13-25(2)24-21(18)28-3/h4-11,13H,12H2,1-3H3,(H,22,26)(H,23,27). The predicted octanol–water partition coefficient (Wildman–Crippen LogP) is 2.92. The smallest absolute Gasteiger partial charge is 0.262 e. The van der Waals surface area contributed by atoms with Gasteiger partial charge in [-0.2, -0.15) is 0 Å². The van der Waals surface area contributed by atoms with Crippen LogP contribution in [0, 0.1) is 6.92 Å². The summed E-state index contributed by atoms with van der Waals surface area (Å²) in [6, 6.07) is 14.7. The Balaban J connectivity index is 1.60. The van der Waals surface area contributed by atoms with Gasteiger partial charge < -0.3 is 15.4 Å². The molecule has 0 aliphatic heterocycles. The minimum absolute atomic E-state index is 0.174. The summed E-state index contributed by atoms with van der Waals surface area (Å²) in [4.78, 5) is 24.7. The first-order valence-corrected chi connectivity index (χ1v) is 8.79. The van der Waals surface area contributed by atoms with Gasteiger partial charge in [0.05, 0.1) is 7.11 Å². The number of hydrogen-bond donors (Lipinski definition) is 2. The minimum Gasteiger partial charge on any atom is -0.479 e. The van der Waals surface area contributed by atoms with Crippen molar-refractivity contribution >= 4 is 17.5 Å². The summed E-state index contributed by atoms with van der Waals surface area (Å²) in [7, 11) is 3.17. The molecule has 0 saturated carbocycles. The highest BCUT2D eigenvalue weighted by Gasteiger charge is 2.16. The summed E-state index contributed by atoms with van der Waals surface area (Å²) in [6.45, 7) is 2.48. The first-order valence-electron chi connectivity index (χ1n) is 8.79. The van der Waals surface area contributed by atoms with Crippen LogP contribution in [0.3, 0.4) is 0 Å². The lowest BCUT2D eigenvalue weighted by Gasteiger charge is -2.08. The van der Waals surface area contributed by atoms with Gasteiger partial charge in [0.15, 0.2) is 0 Å². The Morgan fingerprint density at radius 1 is 1.04 bits per heavy atom. The molecular weight excluding hydrogens is 356 g/mol. The normalized spacial score (nSPS) is 10.4. The van der Waals surface area contributed by atoms with Crippen LogP contribution in [0.5, 0.6) is 5.88 Å². The summed E-state index contributed by atoms with van der Waals surface area (Å²) in [5.41, 5.74) is 3.64. The summed E-state index contributed by atoms with van der Waals surface area (Å²) in [5.74, 6) is -0.249. The molecule has 0 radical (unpaired) electrons. The van der Waals surface area contributed by atoms with Gasteiger partial charge in [0, 0.05) is 31.0 Å². The van der Waals surface area contributed by atoms with Crippen LogP contribution < -0.4 is 15.4 Å². The number of benzene rings is 2. The maximum atomic E-state index is 12.4. The first kappa shape index (κ1) is 19.2. The third-order valence-electron chi connectivity index (χ3n) is 4.21. The number of ether oxygens (including phenoxy) is 1. The SMILES string of the molecule is COc1nn(C)cc1C(=O)Nc1ccc(C(=O)NCc2ccc(C)cc2)cc1. The molecule has 3 rings (SSSR count). The summed E-state index contributed by atoms with van der Waals surface area (Å²) in [6.07, 6.45) is 1.58. The van der Waals surface area contributed by atoms with Crippen LogP contribution >= 0.6 is 0 Å². The maximum Gasteiger partial charge on any atom is 0.262 e. The molecule has 7 nitrogen and oxygen atoms in total. The molecule has 1 aromatic heterocycles. The fraction of sp³-hybridized carbons (Fsp3) is 0.190. The monoisotopic (exact) mass is 378 g/mol. The van der Waals surface area contributed by atoms with Gasteiger partial charge in [-0.05, 0) is 36.8 Å². The van der Waals surface area contributed by atoms with Crippen LogP contribution in [-0.2, 0) is 13.6 Å². The van der Waals surface area contributed by atoms with Crippen LogP contribution in [0.2, 0.25) is 0 Å². The highest BCUT2D eigenvalue weighted by molar-refractivity contribution is 6.06. The van der Waals surface area contributed by atoms with E-state index < -0.39 is 0 Å². The number of carbonyl (C=O) groups is 2. The van der Waals surface area contributed by atoms with Gasteiger partial charge in [-0.1, -0.05) is 29.8 Å². The Hall–Kier alpha value is -3.61. The molecule has 1 heterocycles. The second kappa shape index (κ2) is 8.39. The molecule has 0 fully saturated rings. The molecule has 0 saturated heterocycles. The predicted molar refractivity (Wildman–Crippen MR) is 107 cm³/mol. The summed E-state index contributed by atoms with van der Waals surface area (Å²) >= 11 is 0. The lowest BCUT2D eigenvalue weighted by molar-refractivity contribution is 0.0950.